The number of aromatic carboxylic acids is 1. The van der Waals surface area contributed by atoms with Gasteiger partial charge >= 0.3 is 5.97 Å². The van der Waals surface area contributed by atoms with Crippen LogP contribution >= 0.6 is 0 Å². The number of furan rings is 1. The Kier molecular flexibility index (Phi) is 5.94. The number of likely N-dealkylation sites (N-methyl/N-ethyl adjacent to an activating group) is 1. The van der Waals surface area contributed by atoms with E-state index in [0.717, 1.165) is 12.1 Å². The van der Waals surface area contributed by atoms with E-state index < -0.39 is 21.8 Å². The molecule has 0 amide bonds. The van der Waals surface area contributed by atoms with E-state index in [2.05, 4.69) is 4.72 Å². The van der Waals surface area contributed by atoms with Gasteiger partial charge in [-0.2, -0.15) is 0 Å². The fraction of sp³-hybridized carbons (Fsp3) is 0.615. The highest BCUT2D eigenvalue weighted by molar-refractivity contribution is 7.89. The van der Waals surface area contributed by atoms with E-state index in [1.165, 1.54) is 0 Å². The van der Waals surface area contributed by atoms with Crippen LogP contribution in [0.3, 0.4) is 0 Å². The lowest BCUT2D eigenvalue weighted by Gasteiger charge is -2.23. The van der Waals surface area contributed by atoms with Crippen LogP contribution in [0.2, 0.25) is 0 Å². The highest BCUT2D eigenvalue weighted by Crippen LogP contribution is 2.16. The molecular formula is C13H22N2O5S. The van der Waals surface area contributed by atoms with E-state index in [1.807, 2.05) is 32.8 Å². The Hall–Kier alpha value is -1.38. The summed E-state index contributed by atoms with van der Waals surface area (Å²) in [5.74, 6) is -1.38. The van der Waals surface area contributed by atoms with Crippen LogP contribution in [-0.2, 0) is 10.0 Å². The molecule has 0 aliphatic carbocycles. The minimum atomic E-state index is -3.87. The van der Waals surface area contributed by atoms with Gasteiger partial charge < -0.3 is 14.4 Å². The third-order valence-corrected chi connectivity index (χ3v) is 4.11. The van der Waals surface area contributed by atoms with Crippen molar-refractivity contribution < 1.29 is 22.7 Å². The number of hydrogen-bond donors (Lipinski definition) is 2. The van der Waals surface area contributed by atoms with Gasteiger partial charge in [0.2, 0.25) is 10.9 Å². The number of carbonyl (C=O) groups is 1. The molecule has 1 unspecified atom stereocenters. The Balaban J connectivity index is 2.90. The fourth-order valence-electron chi connectivity index (χ4n) is 2.03. The zero-order chi connectivity index (χ0) is 16.2. The van der Waals surface area contributed by atoms with Gasteiger partial charge in [0.15, 0.2) is 0 Å². The zero-order valence-corrected chi connectivity index (χ0v) is 13.5. The highest BCUT2D eigenvalue weighted by Gasteiger charge is 2.25. The quantitative estimate of drug-likeness (QED) is 0.748. The second-order valence-corrected chi connectivity index (χ2v) is 7.28. The van der Waals surface area contributed by atoms with E-state index in [0.29, 0.717) is 18.9 Å². The van der Waals surface area contributed by atoms with Gasteiger partial charge in [0.1, 0.15) is 0 Å². The molecule has 1 atom stereocenters. The lowest BCUT2D eigenvalue weighted by atomic mass is 10.0. The molecule has 8 heteroatoms. The molecule has 21 heavy (non-hydrogen) atoms. The molecule has 1 heterocycles. The van der Waals surface area contributed by atoms with Crippen LogP contribution in [0.1, 0.15) is 30.8 Å². The predicted octanol–water partition coefficient (Wildman–Crippen LogP) is 1.23. The molecular weight excluding hydrogens is 296 g/mol. The summed E-state index contributed by atoms with van der Waals surface area (Å²) in [6.45, 7) is 4.56. The normalized spacial score (nSPS) is 13.8. The SMILES string of the molecule is CC(C)CC(CN(C)C)NS(=O)(=O)c1ccc(C(=O)O)o1. The van der Waals surface area contributed by atoms with Crippen molar-refractivity contribution in [2.75, 3.05) is 20.6 Å². The molecule has 0 aliphatic rings. The lowest BCUT2D eigenvalue weighted by Crippen LogP contribution is -2.42. The summed E-state index contributed by atoms with van der Waals surface area (Å²) in [7, 11) is -0.154. The van der Waals surface area contributed by atoms with Crippen LogP contribution in [0, 0.1) is 5.92 Å². The van der Waals surface area contributed by atoms with Crippen molar-refractivity contribution in [3.8, 4) is 0 Å². The van der Waals surface area contributed by atoms with Gasteiger partial charge in [-0.15, -0.1) is 0 Å². The number of carboxylic acids is 1. The predicted molar refractivity (Wildman–Crippen MR) is 77.8 cm³/mol. The van der Waals surface area contributed by atoms with Crippen LogP contribution < -0.4 is 4.72 Å². The molecule has 0 aliphatic heterocycles. The van der Waals surface area contributed by atoms with Crippen molar-refractivity contribution in [3.05, 3.63) is 17.9 Å². The average Bonchev–Trinajstić information content (AvgIpc) is 2.75. The molecule has 1 rings (SSSR count). The smallest absolute Gasteiger partial charge is 0.371 e. The topological polar surface area (TPSA) is 99.9 Å². The first-order valence-corrected chi connectivity index (χ1v) is 8.10. The molecule has 0 saturated carbocycles. The maximum atomic E-state index is 12.2. The fourth-order valence-corrected chi connectivity index (χ4v) is 3.20. The van der Waals surface area contributed by atoms with E-state index in [4.69, 9.17) is 9.52 Å². The largest absolute Gasteiger partial charge is 0.475 e. The van der Waals surface area contributed by atoms with Gasteiger partial charge in [-0.05, 0) is 38.6 Å². The molecule has 120 valence electrons. The van der Waals surface area contributed by atoms with Crippen LogP contribution in [0.15, 0.2) is 21.6 Å². The van der Waals surface area contributed by atoms with E-state index in [1.54, 1.807) is 0 Å². The second-order valence-electron chi connectivity index (χ2n) is 5.63. The Morgan fingerprint density at radius 2 is 2.00 bits per heavy atom. The van der Waals surface area contributed by atoms with Gasteiger partial charge in [0, 0.05) is 12.6 Å². The van der Waals surface area contributed by atoms with Crippen molar-refractivity contribution in [1.29, 1.82) is 0 Å². The van der Waals surface area contributed by atoms with Crippen LogP contribution in [0.4, 0.5) is 0 Å². The third-order valence-electron chi connectivity index (χ3n) is 2.72. The number of carboxylic acid groups (broad SMARTS) is 1. The molecule has 7 nitrogen and oxygen atoms in total. The Labute approximate surface area is 125 Å². The number of sulfonamides is 1. The molecule has 1 aromatic rings. The van der Waals surface area contributed by atoms with Crippen molar-refractivity contribution >= 4 is 16.0 Å². The summed E-state index contributed by atoms with van der Waals surface area (Å²) in [4.78, 5) is 12.6. The molecule has 1 aromatic heterocycles. The Bertz CT molecular complexity index is 567. The van der Waals surface area contributed by atoms with Gasteiger partial charge in [-0.1, -0.05) is 13.8 Å². The van der Waals surface area contributed by atoms with Gasteiger partial charge in [0.05, 0.1) is 0 Å². The molecule has 0 radical (unpaired) electrons. The summed E-state index contributed by atoms with van der Waals surface area (Å²) >= 11 is 0. The molecule has 0 bridgehead atoms. The average molecular weight is 318 g/mol. The first-order chi connectivity index (χ1) is 9.61. The monoisotopic (exact) mass is 318 g/mol. The van der Waals surface area contributed by atoms with Crippen molar-refractivity contribution in [3.63, 3.8) is 0 Å². The number of rotatable bonds is 8. The molecule has 0 spiro atoms. The van der Waals surface area contributed by atoms with Crippen molar-refractivity contribution in [2.45, 2.75) is 31.4 Å². The highest BCUT2D eigenvalue weighted by atomic mass is 32.2. The molecule has 0 fully saturated rings. The Morgan fingerprint density at radius 1 is 1.38 bits per heavy atom. The zero-order valence-electron chi connectivity index (χ0n) is 12.7. The van der Waals surface area contributed by atoms with Crippen molar-refractivity contribution in [1.82, 2.24) is 9.62 Å². The molecule has 0 saturated heterocycles. The number of hydrogen-bond acceptors (Lipinski definition) is 5. The number of nitrogens with one attached hydrogen (secondary N) is 1. The molecule has 2 N–H and O–H groups in total. The lowest BCUT2D eigenvalue weighted by molar-refractivity contribution is 0.0656. The summed E-state index contributed by atoms with van der Waals surface area (Å²) in [6.07, 6.45) is 0.671. The van der Waals surface area contributed by atoms with Gasteiger partial charge in [-0.3, -0.25) is 0 Å². The molecule has 0 aromatic carbocycles. The van der Waals surface area contributed by atoms with E-state index >= 15 is 0 Å². The minimum Gasteiger partial charge on any atom is -0.475 e. The first kappa shape index (κ1) is 17.7. The summed E-state index contributed by atoms with van der Waals surface area (Å²) < 4.78 is 31.9. The summed E-state index contributed by atoms with van der Waals surface area (Å²) in [5.41, 5.74) is 0. The van der Waals surface area contributed by atoms with Crippen molar-refractivity contribution in [2.24, 2.45) is 5.92 Å². The third kappa shape index (κ3) is 5.49. The Morgan fingerprint density at radius 3 is 2.43 bits per heavy atom. The number of nitrogens with zero attached hydrogens (tertiary/aromatic N) is 1. The standard InChI is InChI=1S/C13H22N2O5S/c1-9(2)7-10(8-15(3)4)14-21(18,19)12-6-5-11(20-12)13(16)17/h5-6,9-10,14H,7-8H2,1-4H3,(H,16,17). The van der Waals surface area contributed by atoms with E-state index in [9.17, 15) is 13.2 Å². The van der Waals surface area contributed by atoms with Crippen LogP contribution in [-0.4, -0.2) is 51.1 Å². The maximum absolute atomic E-state index is 12.2. The van der Waals surface area contributed by atoms with E-state index in [-0.39, 0.29) is 11.1 Å². The maximum Gasteiger partial charge on any atom is 0.371 e. The summed E-state index contributed by atoms with van der Waals surface area (Å²) in [5, 5.41) is 8.39. The minimum absolute atomic E-state index is 0.275. The van der Waals surface area contributed by atoms with Crippen LogP contribution in [0.25, 0.3) is 0 Å². The van der Waals surface area contributed by atoms with Crippen LogP contribution in [0.5, 0.6) is 0 Å². The first-order valence-electron chi connectivity index (χ1n) is 6.62. The second kappa shape index (κ2) is 7.06. The summed E-state index contributed by atoms with van der Waals surface area (Å²) in [6, 6.07) is 2.00. The van der Waals surface area contributed by atoms with Gasteiger partial charge in [-0.25, -0.2) is 17.9 Å². The van der Waals surface area contributed by atoms with Gasteiger partial charge in [0.25, 0.3) is 10.0 Å².